The first-order valence-electron chi connectivity index (χ1n) is 7.39. The fourth-order valence-corrected chi connectivity index (χ4v) is 3.64. The number of carboxylic acids is 1. The lowest BCUT2D eigenvalue weighted by Gasteiger charge is -2.26. The van der Waals surface area contributed by atoms with Crippen LogP contribution in [-0.4, -0.2) is 28.8 Å². The molecule has 0 aliphatic heterocycles. The second-order valence-corrected chi connectivity index (χ2v) is 7.00. The number of amides is 1. The highest BCUT2D eigenvalue weighted by atomic mass is 35.5. The van der Waals surface area contributed by atoms with E-state index in [0.29, 0.717) is 23.6 Å². The molecule has 6 heteroatoms. The molecule has 2 N–H and O–H groups in total. The molecule has 0 spiro atoms. The molecule has 1 saturated carbocycles. The number of rotatable bonds is 6. The van der Waals surface area contributed by atoms with E-state index in [1.165, 1.54) is 0 Å². The number of carbonyl (C=O) groups excluding carboxylic acids is 1. The van der Waals surface area contributed by atoms with Crippen molar-refractivity contribution in [2.45, 2.75) is 37.5 Å². The summed E-state index contributed by atoms with van der Waals surface area (Å²) in [5.41, 5.74) is 1.10. The van der Waals surface area contributed by atoms with Crippen LogP contribution in [0.15, 0.2) is 24.3 Å². The highest BCUT2D eigenvalue weighted by Gasteiger charge is 2.26. The van der Waals surface area contributed by atoms with Crippen molar-refractivity contribution in [1.82, 2.24) is 5.32 Å². The zero-order chi connectivity index (χ0) is 15.9. The standard InChI is InChI=1S/C16H20ClNO3S/c17-13-3-1-2-11(8-13)9-22-10-15(19)18-14-6-4-12(5-7-14)16(20)21/h1-3,8,12,14H,4-7,9-10H2,(H,18,19)(H,20,21). The Hall–Kier alpha value is -1.20. The first-order chi connectivity index (χ1) is 10.5. The first-order valence-corrected chi connectivity index (χ1v) is 8.92. The Morgan fingerprint density at radius 1 is 1.27 bits per heavy atom. The molecule has 1 amide bonds. The van der Waals surface area contributed by atoms with Gasteiger partial charge in [0.05, 0.1) is 11.7 Å². The van der Waals surface area contributed by atoms with Crippen LogP contribution < -0.4 is 5.32 Å². The summed E-state index contributed by atoms with van der Waals surface area (Å²) in [7, 11) is 0. The van der Waals surface area contributed by atoms with Gasteiger partial charge >= 0.3 is 5.97 Å². The molecule has 0 atom stereocenters. The van der Waals surface area contributed by atoms with Crippen molar-refractivity contribution in [3.8, 4) is 0 Å². The molecule has 0 saturated heterocycles. The summed E-state index contributed by atoms with van der Waals surface area (Å²) in [5.74, 6) is 0.212. The Kier molecular flexibility index (Phi) is 6.58. The van der Waals surface area contributed by atoms with Crippen LogP contribution >= 0.6 is 23.4 Å². The van der Waals surface area contributed by atoms with Crippen molar-refractivity contribution in [1.29, 1.82) is 0 Å². The smallest absolute Gasteiger partial charge is 0.306 e. The highest BCUT2D eigenvalue weighted by Crippen LogP contribution is 2.24. The van der Waals surface area contributed by atoms with Crippen LogP contribution in [0.3, 0.4) is 0 Å². The maximum absolute atomic E-state index is 11.9. The minimum absolute atomic E-state index is 0.0193. The van der Waals surface area contributed by atoms with Gasteiger partial charge in [-0.3, -0.25) is 9.59 Å². The molecule has 0 heterocycles. The highest BCUT2D eigenvalue weighted by molar-refractivity contribution is 7.99. The number of nitrogens with one attached hydrogen (secondary N) is 1. The summed E-state index contributed by atoms with van der Waals surface area (Å²) in [4.78, 5) is 22.8. The molecule has 0 bridgehead atoms. The summed E-state index contributed by atoms with van der Waals surface area (Å²) in [6.45, 7) is 0. The van der Waals surface area contributed by atoms with E-state index >= 15 is 0 Å². The van der Waals surface area contributed by atoms with Crippen LogP contribution in [0.4, 0.5) is 0 Å². The molecule has 0 aromatic heterocycles. The predicted octanol–water partition coefficient (Wildman–Crippen LogP) is 3.33. The Balaban J connectivity index is 1.65. The molecule has 1 fully saturated rings. The monoisotopic (exact) mass is 341 g/mol. The van der Waals surface area contributed by atoms with Crippen LogP contribution in [-0.2, 0) is 15.3 Å². The number of hydrogen-bond donors (Lipinski definition) is 2. The molecular formula is C16H20ClNO3S. The van der Waals surface area contributed by atoms with Crippen molar-refractivity contribution < 1.29 is 14.7 Å². The molecule has 2 rings (SSSR count). The maximum Gasteiger partial charge on any atom is 0.306 e. The minimum atomic E-state index is -0.721. The number of aliphatic carboxylic acids is 1. The van der Waals surface area contributed by atoms with Gasteiger partial charge in [0.2, 0.25) is 5.91 Å². The zero-order valence-electron chi connectivity index (χ0n) is 12.3. The third-order valence-electron chi connectivity index (χ3n) is 3.83. The number of benzene rings is 1. The minimum Gasteiger partial charge on any atom is -0.481 e. The van der Waals surface area contributed by atoms with Gasteiger partial charge in [-0.1, -0.05) is 23.7 Å². The van der Waals surface area contributed by atoms with Gasteiger partial charge in [0.1, 0.15) is 0 Å². The fourth-order valence-electron chi connectivity index (χ4n) is 2.64. The Morgan fingerprint density at radius 2 is 2.00 bits per heavy atom. The molecule has 0 unspecified atom stereocenters. The average Bonchev–Trinajstić information content (AvgIpc) is 2.48. The molecular weight excluding hydrogens is 322 g/mol. The molecule has 120 valence electrons. The third kappa shape index (κ3) is 5.54. The van der Waals surface area contributed by atoms with E-state index in [2.05, 4.69) is 5.32 Å². The van der Waals surface area contributed by atoms with E-state index in [1.54, 1.807) is 11.8 Å². The van der Waals surface area contributed by atoms with Crippen LogP contribution in [0, 0.1) is 5.92 Å². The van der Waals surface area contributed by atoms with Gasteiger partial charge in [-0.05, 0) is 43.4 Å². The van der Waals surface area contributed by atoms with E-state index in [1.807, 2.05) is 24.3 Å². The van der Waals surface area contributed by atoms with E-state index in [0.717, 1.165) is 24.2 Å². The normalized spacial score (nSPS) is 21.3. The summed E-state index contributed by atoms with van der Waals surface area (Å²) in [5, 5.41) is 12.7. The summed E-state index contributed by atoms with van der Waals surface area (Å²) in [6.07, 6.45) is 2.80. The van der Waals surface area contributed by atoms with E-state index < -0.39 is 5.97 Å². The lowest BCUT2D eigenvalue weighted by Crippen LogP contribution is -2.39. The number of carboxylic acid groups (broad SMARTS) is 1. The Bertz CT molecular complexity index is 530. The lowest BCUT2D eigenvalue weighted by molar-refractivity contribution is -0.142. The van der Waals surface area contributed by atoms with Crippen molar-refractivity contribution in [3.63, 3.8) is 0 Å². The number of hydrogen-bond acceptors (Lipinski definition) is 3. The van der Waals surface area contributed by atoms with Crippen LogP contribution in [0.1, 0.15) is 31.2 Å². The zero-order valence-corrected chi connectivity index (χ0v) is 13.8. The number of thioether (sulfide) groups is 1. The van der Waals surface area contributed by atoms with Crippen LogP contribution in [0.5, 0.6) is 0 Å². The van der Waals surface area contributed by atoms with Gasteiger partial charge in [0.25, 0.3) is 0 Å². The first kappa shape index (κ1) is 17.2. The molecule has 0 radical (unpaired) electrons. The Labute approximate surface area is 139 Å². The summed E-state index contributed by atoms with van der Waals surface area (Å²) in [6, 6.07) is 7.74. The van der Waals surface area contributed by atoms with Crippen molar-refractivity contribution in [2.75, 3.05) is 5.75 Å². The summed E-state index contributed by atoms with van der Waals surface area (Å²) < 4.78 is 0. The topological polar surface area (TPSA) is 66.4 Å². The average molecular weight is 342 g/mol. The van der Waals surface area contributed by atoms with Gasteiger partial charge in [-0.25, -0.2) is 0 Å². The van der Waals surface area contributed by atoms with E-state index in [4.69, 9.17) is 16.7 Å². The molecule has 1 aromatic carbocycles. The number of halogens is 1. The van der Waals surface area contributed by atoms with E-state index in [9.17, 15) is 9.59 Å². The second kappa shape index (κ2) is 8.44. The molecule has 1 aliphatic carbocycles. The quantitative estimate of drug-likeness (QED) is 0.832. The van der Waals surface area contributed by atoms with Crippen molar-refractivity contribution >= 4 is 35.2 Å². The van der Waals surface area contributed by atoms with Gasteiger partial charge in [-0.2, -0.15) is 0 Å². The maximum atomic E-state index is 11.9. The van der Waals surface area contributed by atoms with Crippen LogP contribution in [0.2, 0.25) is 5.02 Å². The largest absolute Gasteiger partial charge is 0.481 e. The third-order valence-corrected chi connectivity index (χ3v) is 5.07. The fraction of sp³-hybridized carbons (Fsp3) is 0.500. The predicted molar refractivity (Wildman–Crippen MR) is 89.1 cm³/mol. The van der Waals surface area contributed by atoms with Crippen molar-refractivity contribution in [3.05, 3.63) is 34.9 Å². The van der Waals surface area contributed by atoms with Gasteiger partial charge in [-0.15, -0.1) is 11.8 Å². The Morgan fingerprint density at radius 3 is 2.64 bits per heavy atom. The van der Waals surface area contributed by atoms with E-state index in [-0.39, 0.29) is 17.9 Å². The van der Waals surface area contributed by atoms with Gasteiger partial charge in [0.15, 0.2) is 0 Å². The molecule has 4 nitrogen and oxygen atoms in total. The molecule has 1 aliphatic rings. The molecule has 22 heavy (non-hydrogen) atoms. The van der Waals surface area contributed by atoms with Gasteiger partial charge < -0.3 is 10.4 Å². The lowest BCUT2D eigenvalue weighted by atomic mass is 9.86. The second-order valence-electron chi connectivity index (χ2n) is 5.58. The van der Waals surface area contributed by atoms with Crippen LogP contribution in [0.25, 0.3) is 0 Å². The van der Waals surface area contributed by atoms with Gasteiger partial charge in [0, 0.05) is 16.8 Å². The SMILES string of the molecule is O=C(CSCc1cccc(Cl)c1)NC1CCC(C(=O)O)CC1. The number of carbonyl (C=O) groups is 2. The summed E-state index contributed by atoms with van der Waals surface area (Å²) >= 11 is 7.47. The van der Waals surface area contributed by atoms with Crippen molar-refractivity contribution in [2.24, 2.45) is 5.92 Å². The molecule has 1 aromatic rings.